The minimum Gasteiger partial charge on any atom is -0.496 e. The first-order valence-electron chi connectivity index (χ1n) is 7.73. The molecule has 0 fully saturated rings. The summed E-state index contributed by atoms with van der Waals surface area (Å²) in [6.45, 7) is 0.617. The van der Waals surface area contributed by atoms with E-state index < -0.39 is 0 Å². The van der Waals surface area contributed by atoms with Crippen molar-refractivity contribution in [2.75, 3.05) is 7.11 Å². The fourth-order valence-corrected chi connectivity index (χ4v) is 2.92. The maximum Gasteiger partial charge on any atom is 0.200 e. The van der Waals surface area contributed by atoms with E-state index in [1.165, 1.54) is 0 Å². The van der Waals surface area contributed by atoms with Crippen molar-refractivity contribution in [2.24, 2.45) is 0 Å². The number of ether oxygens (including phenoxy) is 1. The van der Waals surface area contributed by atoms with Gasteiger partial charge in [-0.05, 0) is 18.2 Å². The maximum atomic E-state index is 12.8. The van der Waals surface area contributed by atoms with Gasteiger partial charge in [0.25, 0.3) is 0 Å². The molecule has 2 heterocycles. The molecule has 0 amide bonds. The average Bonchev–Trinajstić information content (AvgIpc) is 2.63. The highest BCUT2D eigenvalue weighted by Crippen LogP contribution is 2.26. The molecule has 4 nitrogen and oxygen atoms in total. The Morgan fingerprint density at radius 3 is 2.54 bits per heavy atom. The van der Waals surface area contributed by atoms with E-state index in [0.29, 0.717) is 34.2 Å². The zero-order chi connectivity index (χ0) is 16.5. The van der Waals surface area contributed by atoms with E-state index in [-0.39, 0.29) is 5.43 Å². The van der Waals surface area contributed by atoms with Crippen molar-refractivity contribution in [2.45, 2.75) is 6.54 Å². The number of aromatic nitrogens is 1. The first-order chi connectivity index (χ1) is 11.8. The van der Waals surface area contributed by atoms with Crippen LogP contribution in [0.3, 0.4) is 0 Å². The van der Waals surface area contributed by atoms with Crippen molar-refractivity contribution in [3.05, 3.63) is 82.8 Å². The molecule has 0 N–H and O–H groups in total. The van der Waals surface area contributed by atoms with Gasteiger partial charge in [-0.2, -0.15) is 0 Å². The first kappa shape index (κ1) is 14.5. The Bertz CT molecular complexity index is 1080. The monoisotopic (exact) mass is 318 g/mol. The Kier molecular flexibility index (Phi) is 3.50. The molecule has 0 saturated carbocycles. The van der Waals surface area contributed by atoms with Crippen LogP contribution in [0.2, 0.25) is 0 Å². The second kappa shape index (κ2) is 5.81. The van der Waals surface area contributed by atoms with Gasteiger partial charge in [-0.25, -0.2) is 4.57 Å². The first-order valence-corrected chi connectivity index (χ1v) is 7.73. The van der Waals surface area contributed by atoms with Gasteiger partial charge >= 0.3 is 0 Å². The topological polar surface area (TPSA) is 43.3 Å². The van der Waals surface area contributed by atoms with E-state index in [2.05, 4.69) is 0 Å². The molecule has 0 radical (unpaired) electrons. The SMILES string of the molecule is COc1cc2oc3ccccc3c(=O)c2cc1C[n+]1ccccc1. The number of rotatable bonds is 3. The van der Waals surface area contributed by atoms with Crippen LogP contribution in [0.15, 0.2) is 76.2 Å². The summed E-state index contributed by atoms with van der Waals surface area (Å²) in [5, 5.41) is 1.16. The van der Waals surface area contributed by atoms with Crippen molar-refractivity contribution >= 4 is 21.9 Å². The fourth-order valence-electron chi connectivity index (χ4n) is 2.92. The molecule has 0 atom stereocenters. The lowest BCUT2D eigenvalue weighted by molar-refractivity contribution is -0.688. The summed E-state index contributed by atoms with van der Waals surface area (Å²) < 4.78 is 13.4. The van der Waals surface area contributed by atoms with Crippen LogP contribution in [0.5, 0.6) is 5.75 Å². The highest BCUT2D eigenvalue weighted by atomic mass is 16.5. The Hall–Kier alpha value is -3.14. The van der Waals surface area contributed by atoms with Crippen molar-refractivity contribution in [1.29, 1.82) is 0 Å². The van der Waals surface area contributed by atoms with Crippen LogP contribution in [0, 0.1) is 0 Å². The molecule has 4 rings (SSSR count). The Morgan fingerprint density at radius 1 is 0.958 bits per heavy atom. The molecule has 0 unspecified atom stereocenters. The van der Waals surface area contributed by atoms with E-state index in [9.17, 15) is 4.79 Å². The number of benzene rings is 2. The molecule has 118 valence electrons. The Morgan fingerprint density at radius 2 is 1.75 bits per heavy atom. The van der Waals surface area contributed by atoms with Crippen LogP contribution in [-0.4, -0.2) is 7.11 Å². The van der Waals surface area contributed by atoms with E-state index in [1.807, 2.05) is 53.4 Å². The zero-order valence-corrected chi connectivity index (χ0v) is 13.2. The molecule has 0 spiro atoms. The summed E-state index contributed by atoms with van der Waals surface area (Å²) in [5.41, 5.74) is 2.04. The number of hydrogen-bond donors (Lipinski definition) is 0. The lowest BCUT2D eigenvalue weighted by Gasteiger charge is -2.08. The minimum absolute atomic E-state index is 0.0196. The lowest BCUT2D eigenvalue weighted by atomic mass is 10.1. The zero-order valence-electron chi connectivity index (χ0n) is 13.2. The third-order valence-electron chi connectivity index (χ3n) is 4.11. The normalized spacial score (nSPS) is 11.0. The Balaban J connectivity index is 1.95. The minimum atomic E-state index is -0.0196. The molecule has 0 aliphatic carbocycles. The van der Waals surface area contributed by atoms with E-state index in [0.717, 1.165) is 5.56 Å². The second-order valence-electron chi connectivity index (χ2n) is 5.64. The summed E-state index contributed by atoms with van der Waals surface area (Å²) in [4.78, 5) is 12.8. The second-order valence-corrected chi connectivity index (χ2v) is 5.64. The Labute approximate surface area is 138 Å². The van der Waals surface area contributed by atoms with E-state index >= 15 is 0 Å². The summed E-state index contributed by atoms with van der Waals surface area (Å²) in [7, 11) is 1.62. The van der Waals surface area contributed by atoms with Crippen molar-refractivity contribution < 1.29 is 13.7 Å². The maximum absolute atomic E-state index is 12.8. The van der Waals surface area contributed by atoms with Gasteiger partial charge in [0.1, 0.15) is 16.9 Å². The smallest absolute Gasteiger partial charge is 0.200 e. The molecule has 0 saturated heterocycles. The van der Waals surface area contributed by atoms with Gasteiger partial charge in [-0.15, -0.1) is 0 Å². The summed E-state index contributed by atoms with van der Waals surface area (Å²) in [6, 6.07) is 16.9. The molecular formula is C20H16NO3+. The van der Waals surface area contributed by atoms with Gasteiger partial charge in [0, 0.05) is 18.2 Å². The number of fused-ring (bicyclic) bond motifs is 2. The van der Waals surface area contributed by atoms with Crippen LogP contribution in [0.4, 0.5) is 0 Å². The summed E-state index contributed by atoms with van der Waals surface area (Å²) in [5.74, 6) is 0.706. The van der Waals surface area contributed by atoms with Gasteiger partial charge in [-0.1, -0.05) is 18.2 Å². The van der Waals surface area contributed by atoms with Gasteiger partial charge in [0.05, 0.1) is 23.4 Å². The van der Waals surface area contributed by atoms with Crippen LogP contribution in [-0.2, 0) is 6.54 Å². The molecule has 0 bridgehead atoms. The highest BCUT2D eigenvalue weighted by Gasteiger charge is 2.15. The highest BCUT2D eigenvalue weighted by molar-refractivity contribution is 5.90. The summed E-state index contributed by atoms with van der Waals surface area (Å²) in [6.07, 6.45) is 3.96. The van der Waals surface area contributed by atoms with Gasteiger partial charge in [0.2, 0.25) is 5.43 Å². The molecule has 4 heteroatoms. The van der Waals surface area contributed by atoms with Crippen LogP contribution >= 0.6 is 0 Å². The molecule has 2 aromatic heterocycles. The predicted molar refractivity (Wildman–Crippen MR) is 92.3 cm³/mol. The number of nitrogens with zero attached hydrogens (tertiary/aromatic N) is 1. The molecule has 4 aromatic rings. The molecule has 0 aliphatic rings. The summed E-state index contributed by atoms with van der Waals surface area (Å²) >= 11 is 0. The van der Waals surface area contributed by atoms with Crippen LogP contribution < -0.4 is 14.7 Å². The van der Waals surface area contributed by atoms with Crippen molar-refractivity contribution in [3.8, 4) is 5.75 Å². The van der Waals surface area contributed by atoms with Crippen molar-refractivity contribution in [1.82, 2.24) is 0 Å². The van der Waals surface area contributed by atoms with Crippen LogP contribution in [0.25, 0.3) is 21.9 Å². The van der Waals surface area contributed by atoms with Crippen LogP contribution in [0.1, 0.15) is 5.56 Å². The van der Waals surface area contributed by atoms with Gasteiger partial charge < -0.3 is 9.15 Å². The standard InChI is InChI=1S/C20H16NO3/c1-23-18-12-19-16(11-14(18)13-21-9-5-2-6-10-21)20(22)15-7-3-4-8-17(15)24-19/h2-12H,13H2,1H3/q+1. The van der Waals surface area contributed by atoms with Crippen molar-refractivity contribution in [3.63, 3.8) is 0 Å². The lowest BCUT2D eigenvalue weighted by Crippen LogP contribution is -2.33. The fraction of sp³-hybridized carbons (Fsp3) is 0.100. The quantitative estimate of drug-likeness (QED) is 0.430. The number of para-hydroxylation sites is 1. The third-order valence-corrected chi connectivity index (χ3v) is 4.11. The van der Waals surface area contributed by atoms with E-state index in [4.69, 9.17) is 9.15 Å². The molecule has 24 heavy (non-hydrogen) atoms. The number of hydrogen-bond acceptors (Lipinski definition) is 3. The van der Waals surface area contributed by atoms with Gasteiger partial charge in [-0.3, -0.25) is 4.79 Å². The largest absolute Gasteiger partial charge is 0.496 e. The third kappa shape index (κ3) is 2.42. The number of pyridine rings is 1. The van der Waals surface area contributed by atoms with E-state index in [1.54, 1.807) is 25.3 Å². The molecule has 0 aliphatic heterocycles. The average molecular weight is 318 g/mol. The molecular weight excluding hydrogens is 302 g/mol. The number of methoxy groups -OCH3 is 1. The van der Waals surface area contributed by atoms with Gasteiger partial charge in [0.15, 0.2) is 18.9 Å². The molecule has 2 aromatic carbocycles. The predicted octanol–water partition coefficient (Wildman–Crippen LogP) is 3.29.